The first-order valence-corrected chi connectivity index (χ1v) is 15.2. The molecule has 0 bridgehead atoms. The Hall–Kier alpha value is 1.11. The molecule has 0 amide bonds. The molecule has 0 aliphatic rings. The van der Waals surface area contributed by atoms with E-state index < -0.39 is 23.7 Å². The summed E-state index contributed by atoms with van der Waals surface area (Å²) in [6, 6.07) is 0. The van der Waals surface area contributed by atoms with Crippen molar-refractivity contribution in [3.05, 3.63) is 0 Å². The molecule has 14 heavy (non-hydrogen) atoms. The Kier molecular flexibility index (Phi) is 7.50. The minimum absolute atomic E-state index is 1.24. The van der Waals surface area contributed by atoms with Crippen molar-refractivity contribution in [1.82, 2.24) is 4.65 Å². The van der Waals surface area contributed by atoms with Gasteiger partial charge in [0.05, 0.1) is 0 Å². The summed E-state index contributed by atoms with van der Waals surface area (Å²) in [6.07, 6.45) is 0. The summed E-state index contributed by atoms with van der Waals surface area (Å²) in [6.45, 7) is 9.27. The Morgan fingerprint density at radius 1 is 0.857 bits per heavy atom. The second kappa shape index (κ2) is 6.00. The Bertz CT molecular complexity index is 144. The Morgan fingerprint density at radius 2 is 1.07 bits per heavy atom. The van der Waals surface area contributed by atoms with Gasteiger partial charge in [0.2, 0.25) is 0 Å². The van der Waals surface area contributed by atoms with E-state index in [4.69, 9.17) is 31.7 Å². The summed E-state index contributed by atoms with van der Waals surface area (Å²) in [5.41, 5.74) is 0. The molecule has 0 heterocycles. The second-order valence-electron chi connectivity index (χ2n) is 4.76. The van der Waals surface area contributed by atoms with E-state index in [1.807, 2.05) is 6.55 Å². The minimum Gasteiger partial charge on any atom is -0.411 e. The van der Waals surface area contributed by atoms with Crippen LogP contribution in [0.5, 0.6) is 0 Å². The number of halogens is 2. The van der Waals surface area contributed by atoms with Gasteiger partial charge in [-0.05, 0) is 19.6 Å². The van der Waals surface area contributed by atoms with Crippen molar-refractivity contribution in [3.63, 3.8) is 0 Å². The average molecular weight is 294 g/mol. The molecule has 0 spiro atoms. The standard InChI is InChI=1S/C4H13Cl2NSi2.C2H8O2Si/c1-8(2,3)7-9(4,5)6;1-5(2,3)4/h7H,1-4H3;3-4H,1-2H3. The van der Waals surface area contributed by atoms with Crippen molar-refractivity contribution < 1.29 is 9.59 Å². The van der Waals surface area contributed by atoms with Gasteiger partial charge >= 0.3 is 15.4 Å². The molecule has 0 aromatic carbocycles. The van der Waals surface area contributed by atoms with Gasteiger partial charge in [-0.15, -0.1) is 22.2 Å². The zero-order valence-corrected chi connectivity index (χ0v) is 14.2. The van der Waals surface area contributed by atoms with Crippen molar-refractivity contribution in [2.24, 2.45) is 0 Å². The third-order valence-corrected chi connectivity index (χ3v) is 7.05. The van der Waals surface area contributed by atoms with E-state index in [0.717, 1.165) is 0 Å². The molecule has 0 unspecified atom stereocenters. The van der Waals surface area contributed by atoms with Crippen LogP contribution in [0.3, 0.4) is 0 Å². The molecule has 0 saturated heterocycles. The normalized spacial score (nSPS) is 13.3. The number of nitrogens with one attached hydrogen (secondary N) is 1. The lowest BCUT2D eigenvalue weighted by Gasteiger charge is -2.23. The lowest BCUT2D eigenvalue weighted by Crippen LogP contribution is -2.52. The summed E-state index contributed by atoms with van der Waals surface area (Å²) < 4.78 is 3.27. The fraction of sp³-hybridized carbons (Fsp3) is 1.00. The molecular weight excluding hydrogens is 273 g/mol. The van der Waals surface area contributed by atoms with Gasteiger partial charge in [-0.2, -0.15) is 0 Å². The molecule has 88 valence electrons. The summed E-state index contributed by atoms with van der Waals surface area (Å²) >= 11 is 11.7. The largest absolute Gasteiger partial charge is 0.411 e. The molecule has 0 rings (SSSR count). The maximum Gasteiger partial charge on any atom is 0.326 e. The topological polar surface area (TPSA) is 52.5 Å². The predicted molar refractivity (Wildman–Crippen MR) is 71.7 cm³/mol. The zero-order valence-electron chi connectivity index (χ0n) is 9.65. The number of hydrogen-bond donors (Lipinski definition) is 3. The molecule has 0 aromatic rings. The van der Waals surface area contributed by atoms with Crippen LogP contribution in [0, 0.1) is 0 Å². The van der Waals surface area contributed by atoms with Gasteiger partial charge in [0.25, 0.3) is 0 Å². The third kappa shape index (κ3) is 38.0. The van der Waals surface area contributed by atoms with Crippen LogP contribution in [0.15, 0.2) is 0 Å². The molecular formula is C6H21Cl2NO2Si3. The van der Waals surface area contributed by atoms with Crippen LogP contribution >= 0.6 is 22.2 Å². The lowest BCUT2D eigenvalue weighted by molar-refractivity contribution is 0.382. The fourth-order valence-corrected chi connectivity index (χ4v) is 11.0. The minimum atomic E-state index is -2.61. The average Bonchev–Trinajstić information content (AvgIpc) is 1.42. The third-order valence-electron chi connectivity index (χ3n) is 0.594. The fourth-order valence-electron chi connectivity index (χ4n) is 0.658. The van der Waals surface area contributed by atoms with E-state index in [-0.39, 0.29) is 0 Å². The maximum atomic E-state index is 8.22. The first kappa shape index (κ1) is 17.5. The van der Waals surface area contributed by atoms with Crippen LogP contribution in [0.1, 0.15) is 0 Å². The Balaban J connectivity index is 0. The quantitative estimate of drug-likeness (QED) is 0.540. The van der Waals surface area contributed by atoms with Crippen LogP contribution in [0.2, 0.25) is 39.3 Å². The van der Waals surface area contributed by atoms with Crippen LogP contribution in [-0.2, 0) is 0 Å². The number of hydrogen-bond acceptors (Lipinski definition) is 3. The molecule has 0 atom stereocenters. The lowest BCUT2D eigenvalue weighted by atomic mass is 11.8. The van der Waals surface area contributed by atoms with Crippen LogP contribution in [0.25, 0.3) is 0 Å². The van der Waals surface area contributed by atoms with E-state index in [1.165, 1.54) is 13.1 Å². The molecule has 0 aliphatic carbocycles. The first-order valence-electron chi connectivity index (χ1n) is 4.33. The van der Waals surface area contributed by atoms with E-state index >= 15 is 0 Å². The van der Waals surface area contributed by atoms with Crippen molar-refractivity contribution in [3.8, 4) is 0 Å². The van der Waals surface area contributed by atoms with Crippen molar-refractivity contribution >= 4 is 45.8 Å². The van der Waals surface area contributed by atoms with Crippen molar-refractivity contribution in [1.29, 1.82) is 0 Å². The zero-order chi connectivity index (χ0) is 12.2. The van der Waals surface area contributed by atoms with Gasteiger partial charge in [-0.25, -0.2) is 0 Å². The molecule has 0 aliphatic heterocycles. The molecule has 0 fully saturated rings. The highest BCUT2D eigenvalue weighted by Crippen LogP contribution is 2.12. The van der Waals surface area contributed by atoms with E-state index in [2.05, 4.69) is 24.3 Å². The second-order valence-corrected chi connectivity index (χ2v) is 20.1. The van der Waals surface area contributed by atoms with Crippen LogP contribution in [0.4, 0.5) is 0 Å². The van der Waals surface area contributed by atoms with Gasteiger partial charge in [0.15, 0.2) is 0 Å². The SMILES string of the molecule is C[Si](C)(C)N[Si](C)(Cl)Cl.C[Si](C)(O)O. The smallest absolute Gasteiger partial charge is 0.326 e. The van der Waals surface area contributed by atoms with Crippen LogP contribution < -0.4 is 4.65 Å². The molecule has 0 saturated carbocycles. The highest BCUT2D eigenvalue weighted by atomic mass is 35.7. The summed E-state index contributed by atoms with van der Waals surface area (Å²) in [4.78, 5) is 16.4. The van der Waals surface area contributed by atoms with E-state index in [0.29, 0.717) is 0 Å². The number of rotatable bonds is 2. The molecule has 0 radical (unpaired) electrons. The molecule has 8 heteroatoms. The van der Waals surface area contributed by atoms with Gasteiger partial charge in [0.1, 0.15) is 8.24 Å². The highest BCUT2D eigenvalue weighted by molar-refractivity contribution is 7.45. The molecule has 0 aromatic heterocycles. The summed E-state index contributed by atoms with van der Waals surface area (Å²) in [7, 11) is -3.86. The van der Waals surface area contributed by atoms with Gasteiger partial charge < -0.3 is 14.2 Å². The van der Waals surface area contributed by atoms with Gasteiger partial charge in [-0.3, -0.25) is 0 Å². The first-order chi connectivity index (χ1) is 5.71. The van der Waals surface area contributed by atoms with Crippen LogP contribution in [-0.4, -0.2) is 33.2 Å². The van der Waals surface area contributed by atoms with E-state index in [1.54, 1.807) is 0 Å². The summed E-state index contributed by atoms with van der Waals surface area (Å²) in [5.74, 6) is 0. The monoisotopic (exact) mass is 293 g/mol. The Labute approximate surface area is 99.3 Å². The predicted octanol–water partition coefficient (Wildman–Crippen LogP) is 2.13. The molecule has 3 nitrogen and oxygen atoms in total. The van der Waals surface area contributed by atoms with Crippen molar-refractivity contribution in [2.45, 2.75) is 39.3 Å². The summed E-state index contributed by atoms with van der Waals surface area (Å²) in [5, 5.41) is 0. The molecule has 3 N–H and O–H groups in total. The van der Waals surface area contributed by atoms with E-state index in [9.17, 15) is 0 Å². The van der Waals surface area contributed by atoms with Gasteiger partial charge in [0, 0.05) is 0 Å². The van der Waals surface area contributed by atoms with Gasteiger partial charge in [-0.1, -0.05) is 19.6 Å². The highest BCUT2D eigenvalue weighted by Gasteiger charge is 2.27. The van der Waals surface area contributed by atoms with Crippen molar-refractivity contribution in [2.75, 3.05) is 0 Å². The Morgan fingerprint density at radius 3 is 1.07 bits per heavy atom. The maximum absolute atomic E-state index is 8.22.